The lowest BCUT2D eigenvalue weighted by Gasteiger charge is -2.09. The van der Waals surface area contributed by atoms with E-state index in [2.05, 4.69) is 10.3 Å². The molecular formula is C18H16ClN3O5S. The van der Waals surface area contributed by atoms with Gasteiger partial charge in [0, 0.05) is 11.1 Å². The highest BCUT2D eigenvalue weighted by Crippen LogP contribution is 2.27. The van der Waals surface area contributed by atoms with E-state index >= 15 is 0 Å². The second-order valence-corrected chi connectivity index (χ2v) is 6.89. The molecule has 1 amide bonds. The van der Waals surface area contributed by atoms with Gasteiger partial charge in [0.15, 0.2) is 0 Å². The van der Waals surface area contributed by atoms with Crippen LogP contribution >= 0.6 is 22.9 Å². The maximum absolute atomic E-state index is 12.7. The van der Waals surface area contributed by atoms with Gasteiger partial charge in [0.05, 0.1) is 36.0 Å². The zero-order valence-corrected chi connectivity index (χ0v) is 16.6. The number of methoxy groups -OCH3 is 1. The Hall–Kier alpha value is -2.91. The van der Waals surface area contributed by atoms with Crippen LogP contribution in [0.2, 0.25) is 5.02 Å². The van der Waals surface area contributed by atoms with Crippen molar-refractivity contribution in [2.24, 2.45) is 0 Å². The molecule has 2 aromatic heterocycles. The van der Waals surface area contributed by atoms with Crippen LogP contribution in [0.15, 0.2) is 34.7 Å². The first-order valence-electron chi connectivity index (χ1n) is 8.21. The minimum absolute atomic E-state index is 0.145. The Kier molecular flexibility index (Phi) is 5.96. The van der Waals surface area contributed by atoms with E-state index in [4.69, 9.17) is 21.1 Å². The molecule has 10 heteroatoms. The molecule has 0 spiro atoms. The molecule has 0 radical (unpaired) electrons. The van der Waals surface area contributed by atoms with Gasteiger partial charge in [-0.1, -0.05) is 11.6 Å². The van der Waals surface area contributed by atoms with E-state index < -0.39 is 17.4 Å². The topological polar surface area (TPSA) is 99.5 Å². The van der Waals surface area contributed by atoms with Crippen molar-refractivity contribution in [3.63, 3.8) is 0 Å². The Morgan fingerprint density at radius 3 is 2.82 bits per heavy atom. The number of halogens is 1. The minimum Gasteiger partial charge on any atom is -0.495 e. The second-order valence-electron chi connectivity index (χ2n) is 5.63. The van der Waals surface area contributed by atoms with Gasteiger partial charge >= 0.3 is 5.97 Å². The number of thiophene rings is 1. The van der Waals surface area contributed by atoms with E-state index in [1.807, 2.05) is 0 Å². The first-order valence-corrected chi connectivity index (χ1v) is 9.47. The van der Waals surface area contributed by atoms with E-state index in [1.54, 1.807) is 25.1 Å². The van der Waals surface area contributed by atoms with E-state index in [-0.39, 0.29) is 24.1 Å². The quantitative estimate of drug-likeness (QED) is 0.614. The number of rotatable bonds is 6. The number of anilines is 1. The fraction of sp³-hybridized carbons (Fsp3) is 0.222. The average Bonchev–Trinajstić information content (AvgIpc) is 3.09. The van der Waals surface area contributed by atoms with Gasteiger partial charge in [0.25, 0.3) is 5.56 Å². The molecule has 8 nitrogen and oxygen atoms in total. The van der Waals surface area contributed by atoms with Crippen molar-refractivity contribution in [3.05, 3.63) is 50.8 Å². The first kappa shape index (κ1) is 19.8. The van der Waals surface area contributed by atoms with Gasteiger partial charge in [0.2, 0.25) is 5.91 Å². The number of aromatic nitrogens is 2. The van der Waals surface area contributed by atoms with Crippen LogP contribution in [0.1, 0.15) is 17.3 Å². The molecule has 1 N–H and O–H groups in total. The predicted octanol–water partition coefficient (Wildman–Crippen LogP) is 2.94. The summed E-state index contributed by atoms with van der Waals surface area (Å²) >= 11 is 7.21. The molecule has 0 aliphatic rings. The summed E-state index contributed by atoms with van der Waals surface area (Å²) in [5, 5.41) is 4.67. The van der Waals surface area contributed by atoms with Gasteiger partial charge in [-0.3, -0.25) is 14.2 Å². The zero-order valence-electron chi connectivity index (χ0n) is 15.0. The van der Waals surface area contributed by atoms with Crippen LogP contribution in [0.4, 0.5) is 5.69 Å². The molecule has 2 heterocycles. The number of hydrogen-bond acceptors (Lipinski definition) is 7. The highest BCUT2D eigenvalue weighted by Gasteiger charge is 2.19. The van der Waals surface area contributed by atoms with Gasteiger partial charge in [-0.2, -0.15) is 0 Å². The lowest BCUT2D eigenvalue weighted by Crippen LogP contribution is -2.28. The number of nitrogens with one attached hydrogen (secondary N) is 1. The number of carbonyl (C=O) groups excluding carboxylic acids is 2. The minimum atomic E-state index is -0.595. The Bertz CT molecular complexity index is 1110. The molecule has 0 aliphatic carbocycles. The van der Waals surface area contributed by atoms with Gasteiger partial charge in [0.1, 0.15) is 17.1 Å². The fourth-order valence-electron chi connectivity index (χ4n) is 2.54. The number of amides is 1. The largest absolute Gasteiger partial charge is 0.495 e. The normalized spacial score (nSPS) is 10.7. The third-order valence-electron chi connectivity index (χ3n) is 3.81. The number of benzene rings is 1. The van der Waals surface area contributed by atoms with E-state index in [9.17, 15) is 14.4 Å². The number of nitrogens with zero attached hydrogens (tertiary/aromatic N) is 2. The number of esters is 1. The molecule has 0 atom stereocenters. The van der Waals surface area contributed by atoms with Gasteiger partial charge in [-0.15, -0.1) is 11.3 Å². The summed E-state index contributed by atoms with van der Waals surface area (Å²) in [6.45, 7) is 1.60. The van der Waals surface area contributed by atoms with Crippen molar-refractivity contribution < 1.29 is 19.1 Å². The third-order valence-corrected chi connectivity index (χ3v) is 4.99. The summed E-state index contributed by atoms with van der Waals surface area (Å²) < 4.78 is 11.2. The highest BCUT2D eigenvalue weighted by atomic mass is 35.5. The van der Waals surface area contributed by atoms with Crippen molar-refractivity contribution in [3.8, 4) is 5.75 Å². The van der Waals surface area contributed by atoms with Crippen molar-refractivity contribution in [1.82, 2.24) is 9.55 Å². The standard InChI is InChI=1S/C18H16ClN3O5S/c1-3-27-18(25)11-8-28-16-15(11)17(24)22(9-20-16)7-14(23)21-10-4-5-13(26-2)12(19)6-10/h4-6,8-9H,3,7H2,1-2H3,(H,21,23). The number of hydrogen-bond donors (Lipinski definition) is 1. The summed E-state index contributed by atoms with van der Waals surface area (Å²) in [5.74, 6) is -0.561. The zero-order chi connectivity index (χ0) is 20.3. The highest BCUT2D eigenvalue weighted by molar-refractivity contribution is 7.17. The molecule has 3 aromatic rings. The maximum Gasteiger partial charge on any atom is 0.339 e. The molecule has 0 fully saturated rings. The molecule has 0 unspecified atom stereocenters. The van der Waals surface area contributed by atoms with Crippen molar-refractivity contribution >= 4 is 50.7 Å². The van der Waals surface area contributed by atoms with Crippen LogP contribution in [0.25, 0.3) is 10.2 Å². The Morgan fingerprint density at radius 1 is 1.36 bits per heavy atom. The molecule has 146 valence electrons. The molecule has 0 bridgehead atoms. The fourth-order valence-corrected chi connectivity index (χ4v) is 3.66. The molecular weight excluding hydrogens is 406 g/mol. The summed E-state index contributed by atoms with van der Waals surface area (Å²) in [7, 11) is 1.49. The van der Waals surface area contributed by atoms with E-state index in [0.29, 0.717) is 21.3 Å². The van der Waals surface area contributed by atoms with E-state index in [1.165, 1.54) is 30.2 Å². The lowest BCUT2D eigenvalue weighted by molar-refractivity contribution is -0.116. The van der Waals surface area contributed by atoms with Crippen LogP contribution in [0, 0.1) is 0 Å². The molecule has 0 saturated carbocycles. The summed E-state index contributed by atoms with van der Waals surface area (Å²) in [6, 6.07) is 4.79. The number of carbonyl (C=O) groups is 2. The maximum atomic E-state index is 12.7. The lowest BCUT2D eigenvalue weighted by atomic mass is 10.2. The Balaban J connectivity index is 1.84. The molecule has 0 saturated heterocycles. The SMILES string of the molecule is CCOC(=O)c1csc2ncn(CC(=O)Nc3ccc(OC)c(Cl)c3)c(=O)c12. The van der Waals surface area contributed by atoms with Crippen LogP contribution in [0.3, 0.4) is 0 Å². The van der Waals surface area contributed by atoms with Crippen LogP contribution < -0.4 is 15.6 Å². The number of ether oxygens (including phenoxy) is 2. The van der Waals surface area contributed by atoms with Crippen LogP contribution in [0.5, 0.6) is 5.75 Å². The summed E-state index contributed by atoms with van der Waals surface area (Å²) in [4.78, 5) is 41.7. The summed E-state index contributed by atoms with van der Waals surface area (Å²) in [5.41, 5.74) is 0.119. The third kappa shape index (κ3) is 4.00. The second kappa shape index (κ2) is 8.41. The first-order chi connectivity index (χ1) is 13.4. The van der Waals surface area contributed by atoms with E-state index in [0.717, 1.165) is 4.57 Å². The summed E-state index contributed by atoms with van der Waals surface area (Å²) in [6.07, 6.45) is 1.27. The van der Waals surface area contributed by atoms with Gasteiger partial charge in [-0.05, 0) is 25.1 Å². The average molecular weight is 422 g/mol. The Morgan fingerprint density at radius 2 is 2.14 bits per heavy atom. The van der Waals surface area contributed by atoms with Crippen molar-refractivity contribution in [1.29, 1.82) is 0 Å². The predicted molar refractivity (Wildman–Crippen MR) is 106 cm³/mol. The molecule has 0 aliphatic heterocycles. The monoisotopic (exact) mass is 421 g/mol. The Labute approximate surface area is 168 Å². The number of fused-ring (bicyclic) bond motifs is 1. The van der Waals surface area contributed by atoms with Gasteiger partial charge < -0.3 is 14.8 Å². The van der Waals surface area contributed by atoms with Gasteiger partial charge in [-0.25, -0.2) is 9.78 Å². The van der Waals surface area contributed by atoms with Crippen molar-refractivity contribution in [2.75, 3.05) is 19.0 Å². The van der Waals surface area contributed by atoms with Crippen molar-refractivity contribution in [2.45, 2.75) is 13.5 Å². The molecule has 28 heavy (non-hydrogen) atoms. The molecule has 1 aromatic carbocycles. The van der Waals surface area contributed by atoms with Crippen LogP contribution in [-0.2, 0) is 16.1 Å². The van der Waals surface area contributed by atoms with Crippen LogP contribution in [-0.4, -0.2) is 35.1 Å². The smallest absolute Gasteiger partial charge is 0.339 e. The molecule has 3 rings (SSSR count).